The van der Waals surface area contributed by atoms with E-state index in [2.05, 4.69) is 4.98 Å². The van der Waals surface area contributed by atoms with Gasteiger partial charge in [0.1, 0.15) is 5.60 Å². The van der Waals surface area contributed by atoms with Gasteiger partial charge in [-0.1, -0.05) is 0 Å². The predicted octanol–water partition coefficient (Wildman–Crippen LogP) is 2.03. The number of fused-ring (bicyclic) bond motifs is 2. The summed E-state index contributed by atoms with van der Waals surface area (Å²) in [5, 5.41) is 9.13. The van der Waals surface area contributed by atoms with Gasteiger partial charge in [0, 0.05) is 6.20 Å². The minimum atomic E-state index is -4.63. The number of halogens is 3. The molecule has 2 unspecified atom stereocenters. The van der Waals surface area contributed by atoms with Gasteiger partial charge in [0.2, 0.25) is 0 Å². The van der Waals surface area contributed by atoms with Crippen LogP contribution in [-0.2, 0) is 21.6 Å². The van der Waals surface area contributed by atoms with E-state index in [4.69, 9.17) is 0 Å². The third-order valence-corrected chi connectivity index (χ3v) is 7.09. The molecule has 8 heteroatoms. The second-order valence-corrected chi connectivity index (χ2v) is 8.26. The first kappa shape index (κ1) is 14.8. The quantitative estimate of drug-likeness (QED) is 0.859. The van der Waals surface area contributed by atoms with Crippen molar-refractivity contribution in [2.45, 2.75) is 48.0 Å². The Balaban J connectivity index is 2.07. The van der Waals surface area contributed by atoms with Gasteiger partial charge in [0.25, 0.3) is 0 Å². The lowest BCUT2D eigenvalue weighted by molar-refractivity contribution is -0.141. The van der Waals surface area contributed by atoms with Gasteiger partial charge in [0.15, 0.2) is 9.84 Å². The normalized spacial score (nSPS) is 34.9. The number of sulfone groups is 1. The first-order valence-corrected chi connectivity index (χ1v) is 8.23. The fourth-order valence-electron chi connectivity index (χ4n) is 3.44. The largest absolute Gasteiger partial charge is 0.418 e. The molecule has 2 atom stereocenters. The van der Waals surface area contributed by atoms with Crippen LogP contribution in [0.15, 0.2) is 18.3 Å². The van der Waals surface area contributed by atoms with Gasteiger partial charge in [-0.25, -0.2) is 8.42 Å². The molecule has 0 aromatic carbocycles. The van der Waals surface area contributed by atoms with E-state index in [9.17, 15) is 26.7 Å². The molecule has 116 valence electrons. The topological polar surface area (TPSA) is 67.3 Å². The smallest absolute Gasteiger partial charge is 0.383 e. The molecule has 4 nitrogen and oxygen atoms in total. The van der Waals surface area contributed by atoms with E-state index in [0.29, 0.717) is 12.8 Å². The van der Waals surface area contributed by atoms with Crippen molar-refractivity contribution in [1.29, 1.82) is 0 Å². The SMILES string of the molecule is O=S1(=O)C2CCC1CC(O)(c1ncccc1C(F)(F)F)C2. The highest BCUT2D eigenvalue weighted by molar-refractivity contribution is 7.93. The highest BCUT2D eigenvalue weighted by Crippen LogP contribution is 2.49. The third kappa shape index (κ3) is 2.24. The van der Waals surface area contributed by atoms with Crippen molar-refractivity contribution >= 4 is 9.84 Å². The van der Waals surface area contributed by atoms with E-state index in [0.717, 1.165) is 12.1 Å². The first-order chi connectivity index (χ1) is 9.64. The van der Waals surface area contributed by atoms with Crippen molar-refractivity contribution in [3.63, 3.8) is 0 Å². The van der Waals surface area contributed by atoms with Crippen LogP contribution in [0.3, 0.4) is 0 Å². The minimum Gasteiger partial charge on any atom is -0.383 e. The molecule has 3 heterocycles. The molecule has 0 amide bonds. The molecule has 21 heavy (non-hydrogen) atoms. The second-order valence-electron chi connectivity index (χ2n) is 5.75. The molecule has 2 bridgehead atoms. The van der Waals surface area contributed by atoms with Crippen molar-refractivity contribution in [2.24, 2.45) is 0 Å². The Morgan fingerprint density at radius 3 is 2.33 bits per heavy atom. The molecule has 2 aliphatic rings. The Morgan fingerprint density at radius 1 is 1.24 bits per heavy atom. The molecule has 2 saturated heterocycles. The summed E-state index contributed by atoms with van der Waals surface area (Å²) in [5.74, 6) is 0. The molecule has 0 saturated carbocycles. The van der Waals surface area contributed by atoms with Crippen LogP contribution in [0, 0.1) is 0 Å². The van der Waals surface area contributed by atoms with E-state index in [1.165, 1.54) is 6.20 Å². The van der Waals surface area contributed by atoms with Gasteiger partial charge < -0.3 is 5.11 Å². The Bertz CT molecular complexity index is 651. The Labute approximate surface area is 119 Å². The van der Waals surface area contributed by atoms with Gasteiger partial charge in [-0.2, -0.15) is 13.2 Å². The summed E-state index contributed by atoms with van der Waals surface area (Å²) in [6.07, 6.45) is -3.09. The van der Waals surface area contributed by atoms with E-state index >= 15 is 0 Å². The summed E-state index contributed by atoms with van der Waals surface area (Å²) in [6, 6.07) is 2.02. The predicted molar refractivity (Wildman–Crippen MR) is 68.1 cm³/mol. The summed E-state index contributed by atoms with van der Waals surface area (Å²) < 4.78 is 63.2. The van der Waals surface area contributed by atoms with E-state index < -0.39 is 43.4 Å². The molecule has 2 aliphatic heterocycles. The van der Waals surface area contributed by atoms with Gasteiger partial charge >= 0.3 is 6.18 Å². The van der Waals surface area contributed by atoms with Crippen LogP contribution in [-0.4, -0.2) is 29.0 Å². The summed E-state index contributed by atoms with van der Waals surface area (Å²) in [6.45, 7) is 0. The molecular weight excluding hydrogens is 307 g/mol. The Kier molecular flexibility index (Phi) is 3.11. The van der Waals surface area contributed by atoms with Crippen LogP contribution in [0.1, 0.15) is 36.9 Å². The molecule has 1 aromatic heterocycles. The van der Waals surface area contributed by atoms with E-state index in [1.54, 1.807) is 0 Å². The summed E-state index contributed by atoms with van der Waals surface area (Å²) >= 11 is 0. The van der Waals surface area contributed by atoms with E-state index in [-0.39, 0.29) is 12.8 Å². The zero-order valence-electron chi connectivity index (χ0n) is 11.0. The highest BCUT2D eigenvalue weighted by atomic mass is 32.2. The zero-order valence-corrected chi connectivity index (χ0v) is 11.8. The first-order valence-electron chi connectivity index (χ1n) is 6.62. The lowest BCUT2D eigenvalue weighted by atomic mass is 9.87. The fourth-order valence-corrected chi connectivity index (χ4v) is 5.93. The Hall–Kier alpha value is -1.15. The number of pyridine rings is 1. The van der Waals surface area contributed by atoms with Crippen molar-refractivity contribution in [3.8, 4) is 0 Å². The summed E-state index contributed by atoms with van der Waals surface area (Å²) in [4.78, 5) is 3.72. The zero-order chi connectivity index (χ0) is 15.5. The van der Waals surface area contributed by atoms with Gasteiger partial charge in [-0.3, -0.25) is 4.98 Å². The second kappa shape index (κ2) is 4.42. The van der Waals surface area contributed by atoms with Crippen molar-refractivity contribution in [1.82, 2.24) is 4.98 Å². The minimum absolute atomic E-state index is 0.216. The van der Waals surface area contributed by atoms with Gasteiger partial charge in [0.05, 0.1) is 21.8 Å². The monoisotopic (exact) mass is 321 g/mol. The number of nitrogens with zero attached hydrogens (tertiary/aromatic N) is 1. The standard InChI is InChI=1S/C13H14F3NO3S/c14-13(15,16)10-2-1-5-17-11(10)12(18)6-8-3-4-9(7-12)21(8,19)20/h1-2,5,8-9,18H,3-4,6-7H2. The molecule has 0 spiro atoms. The van der Waals surface area contributed by atoms with Crippen LogP contribution in [0.4, 0.5) is 13.2 Å². The summed E-state index contributed by atoms with van der Waals surface area (Å²) in [7, 11) is -3.33. The average molecular weight is 321 g/mol. The molecule has 3 rings (SSSR count). The van der Waals surface area contributed by atoms with Crippen LogP contribution in [0.2, 0.25) is 0 Å². The number of aliphatic hydroxyl groups is 1. The molecule has 0 aliphatic carbocycles. The van der Waals surface area contributed by atoms with Crippen LogP contribution in [0.5, 0.6) is 0 Å². The molecule has 0 radical (unpaired) electrons. The average Bonchev–Trinajstić information content (AvgIpc) is 2.58. The molecule has 1 N–H and O–H groups in total. The lowest BCUT2D eigenvalue weighted by Crippen LogP contribution is -2.44. The number of rotatable bonds is 1. The lowest BCUT2D eigenvalue weighted by Gasteiger charge is -2.36. The van der Waals surface area contributed by atoms with Crippen LogP contribution < -0.4 is 0 Å². The van der Waals surface area contributed by atoms with E-state index in [1.807, 2.05) is 0 Å². The molecule has 1 aromatic rings. The number of hydrogen-bond donors (Lipinski definition) is 1. The summed E-state index contributed by atoms with van der Waals surface area (Å²) in [5.41, 5.74) is -3.28. The number of alkyl halides is 3. The van der Waals surface area contributed by atoms with Gasteiger partial charge in [-0.05, 0) is 37.8 Å². The molecule has 2 fully saturated rings. The van der Waals surface area contributed by atoms with Crippen LogP contribution >= 0.6 is 0 Å². The highest BCUT2D eigenvalue weighted by Gasteiger charge is 2.55. The van der Waals surface area contributed by atoms with Crippen molar-refractivity contribution in [2.75, 3.05) is 0 Å². The van der Waals surface area contributed by atoms with Crippen molar-refractivity contribution in [3.05, 3.63) is 29.6 Å². The number of hydrogen-bond acceptors (Lipinski definition) is 4. The number of aromatic nitrogens is 1. The van der Waals surface area contributed by atoms with Gasteiger partial charge in [-0.15, -0.1) is 0 Å². The Morgan fingerprint density at radius 2 is 1.81 bits per heavy atom. The van der Waals surface area contributed by atoms with Crippen molar-refractivity contribution < 1.29 is 26.7 Å². The third-order valence-electron chi connectivity index (χ3n) is 4.42. The fraction of sp³-hybridized carbons (Fsp3) is 0.615. The van der Waals surface area contributed by atoms with Crippen LogP contribution in [0.25, 0.3) is 0 Å². The maximum atomic E-state index is 13.1. The maximum absolute atomic E-state index is 13.1. The maximum Gasteiger partial charge on any atom is 0.418 e. The molecular formula is C13H14F3NO3S.